The number of nitrogens with one attached hydrogen (secondary N) is 1. The average Bonchev–Trinajstić information content (AvgIpc) is 3.27. The van der Waals surface area contributed by atoms with Crippen molar-refractivity contribution in [1.82, 2.24) is 10.2 Å². The maximum atomic E-state index is 11.8. The first-order valence-electron chi connectivity index (χ1n) is 6.91. The molecule has 1 aromatic carbocycles. The van der Waals surface area contributed by atoms with Gasteiger partial charge in [-0.25, -0.2) is 4.79 Å². The molecule has 0 atom stereocenters. The largest absolute Gasteiger partial charge is 0.452 e. The Morgan fingerprint density at radius 2 is 2.09 bits per heavy atom. The summed E-state index contributed by atoms with van der Waals surface area (Å²) in [5.41, 5.74) is 0.397. The van der Waals surface area contributed by atoms with E-state index in [-0.39, 0.29) is 25.1 Å². The Morgan fingerprint density at radius 1 is 1.36 bits per heavy atom. The van der Waals surface area contributed by atoms with Gasteiger partial charge in [0.15, 0.2) is 6.61 Å². The summed E-state index contributed by atoms with van der Waals surface area (Å²) in [5.74, 6) is -1.16. The van der Waals surface area contributed by atoms with Gasteiger partial charge in [0.1, 0.15) is 0 Å². The van der Waals surface area contributed by atoms with Gasteiger partial charge < -0.3 is 15.0 Å². The van der Waals surface area contributed by atoms with Gasteiger partial charge in [-0.3, -0.25) is 9.59 Å². The van der Waals surface area contributed by atoms with Gasteiger partial charge in [0.2, 0.25) is 5.91 Å². The van der Waals surface area contributed by atoms with Crippen LogP contribution in [0.4, 0.5) is 0 Å². The van der Waals surface area contributed by atoms with Crippen molar-refractivity contribution in [2.24, 2.45) is 0 Å². The van der Waals surface area contributed by atoms with Crippen LogP contribution in [0.15, 0.2) is 24.3 Å². The van der Waals surface area contributed by atoms with Crippen LogP contribution < -0.4 is 5.32 Å². The van der Waals surface area contributed by atoms with E-state index in [4.69, 9.17) is 4.74 Å². The summed E-state index contributed by atoms with van der Waals surface area (Å²) in [6, 6.07) is 7.17. The highest BCUT2D eigenvalue weighted by molar-refractivity contribution is 14.1. The van der Waals surface area contributed by atoms with E-state index in [2.05, 4.69) is 27.9 Å². The number of ether oxygens (including phenoxy) is 1. The molecular formula is C15H17IN2O4. The maximum absolute atomic E-state index is 11.8. The zero-order valence-corrected chi connectivity index (χ0v) is 14.3. The normalized spacial score (nSPS) is 13.4. The SMILES string of the molecule is CN(CC(=O)NC1CC1)C(=O)COC(=O)c1cccc(I)c1. The van der Waals surface area contributed by atoms with Gasteiger partial charge in [0.05, 0.1) is 12.1 Å². The maximum Gasteiger partial charge on any atom is 0.338 e. The minimum Gasteiger partial charge on any atom is -0.452 e. The molecule has 0 aromatic heterocycles. The van der Waals surface area contributed by atoms with E-state index < -0.39 is 11.9 Å². The molecule has 0 spiro atoms. The highest BCUT2D eigenvalue weighted by Gasteiger charge is 2.24. The Labute approximate surface area is 142 Å². The molecule has 22 heavy (non-hydrogen) atoms. The summed E-state index contributed by atoms with van der Waals surface area (Å²) >= 11 is 2.09. The number of carbonyl (C=O) groups excluding carboxylic acids is 3. The second kappa shape index (κ2) is 7.57. The Bertz CT molecular complexity index is 587. The topological polar surface area (TPSA) is 75.7 Å². The molecule has 0 saturated heterocycles. The van der Waals surface area contributed by atoms with Gasteiger partial charge in [-0.1, -0.05) is 6.07 Å². The van der Waals surface area contributed by atoms with Crippen molar-refractivity contribution in [1.29, 1.82) is 0 Å². The van der Waals surface area contributed by atoms with E-state index in [1.807, 2.05) is 6.07 Å². The number of hydrogen-bond acceptors (Lipinski definition) is 4. The molecule has 0 aliphatic heterocycles. The van der Waals surface area contributed by atoms with Crippen molar-refractivity contribution in [2.45, 2.75) is 18.9 Å². The predicted octanol–water partition coefficient (Wildman–Crippen LogP) is 1.19. The third kappa shape index (κ3) is 5.28. The van der Waals surface area contributed by atoms with Crippen LogP contribution in [0.1, 0.15) is 23.2 Å². The first-order chi connectivity index (χ1) is 10.5. The summed E-state index contributed by atoms with van der Waals surface area (Å²) in [4.78, 5) is 36.5. The number of rotatable bonds is 6. The summed E-state index contributed by atoms with van der Waals surface area (Å²) in [7, 11) is 1.51. The minimum absolute atomic E-state index is 0.0316. The highest BCUT2D eigenvalue weighted by atomic mass is 127. The lowest BCUT2D eigenvalue weighted by molar-refractivity contribution is -0.137. The second-order valence-electron chi connectivity index (χ2n) is 5.18. The van der Waals surface area contributed by atoms with Gasteiger partial charge in [-0.05, 0) is 53.6 Å². The van der Waals surface area contributed by atoms with E-state index >= 15 is 0 Å². The molecule has 1 N–H and O–H groups in total. The van der Waals surface area contributed by atoms with Crippen molar-refractivity contribution in [3.8, 4) is 0 Å². The predicted molar refractivity (Wildman–Crippen MR) is 88.2 cm³/mol. The van der Waals surface area contributed by atoms with E-state index in [0.717, 1.165) is 16.4 Å². The summed E-state index contributed by atoms with van der Waals surface area (Å²) in [6.07, 6.45) is 1.99. The molecule has 0 radical (unpaired) electrons. The molecule has 6 nitrogen and oxygen atoms in total. The summed E-state index contributed by atoms with van der Waals surface area (Å²) < 4.78 is 5.89. The van der Waals surface area contributed by atoms with Crippen molar-refractivity contribution in [3.05, 3.63) is 33.4 Å². The number of esters is 1. The van der Waals surface area contributed by atoms with Crippen LogP contribution in [0.25, 0.3) is 0 Å². The molecule has 1 fully saturated rings. The van der Waals surface area contributed by atoms with Crippen LogP contribution >= 0.6 is 22.6 Å². The van der Waals surface area contributed by atoms with E-state index in [1.165, 1.54) is 11.9 Å². The van der Waals surface area contributed by atoms with E-state index in [1.54, 1.807) is 18.2 Å². The fourth-order valence-electron chi connectivity index (χ4n) is 1.74. The van der Waals surface area contributed by atoms with Gasteiger partial charge in [0.25, 0.3) is 5.91 Å². The van der Waals surface area contributed by atoms with Crippen molar-refractivity contribution >= 4 is 40.4 Å². The fraction of sp³-hybridized carbons (Fsp3) is 0.400. The molecule has 2 rings (SSSR count). The minimum atomic E-state index is -0.553. The van der Waals surface area contributed by atoms with Crippen LogP contribution in [0.5, 0.6) is 0 Å². The molecule has 2 amide bonds. The molecular weight excluding hydrogens is 399 g/mol. The van der Waals surface area contributed by atoms with Crippen molar-refractivity contribution < 1.29 is 19.1 Å². The van der Waals surface area contributed by atoms with Crippen LogP contribution in [0.3, 0.4) is 0 Å². The van der Waals surface area contributed by atoms with Gasteiger partial charge in [-0.15, -0.1) is 0 Å². The Balaban J connectivity index is 1.76. The number of halogens is 1. The van der Waals surface area contributed by atoms with Crippen LogP contribution in [0.2, 0.25) is 0 Å². The number of likely N-dealkylation sites (N-methyl/N-ethyl adjacent to an activating group) is 1. The Kier molecular flexibility index (Phi) is 5.76. The Hall–Kier alpha value is -1.64. The van der Waals surface area contributed by atoms with Crippen molar-refractivity contribution in [2.75, 3.05) is 20.2 Å². The zero-order chi connectivity index (χ0) is 16.1. The fourth-order valence-corrected chi connectivity index (χ4v) is 2.28. The number of hydrogen-bond donors (Lipinski definition) is 1. The highest BCUT2D eigenvalue weighted by Crippen LogP contribution is 2.18. The van der Waals surface area contributed by atoms with Gasteiger partial charge >= 0.3 is 5.97 Å². The third-order valence-corrected chi connectivity index (χ3v) is 3.81. The third-order valence-electron chi connectivity index (χ3n) is 3.14. The molecule has 118 valence electrons. The monoisotopic (exact) mass is 416 g/mol. The number of nitrogens with zero attached hydrogens (tertiary/aromatic N) is 1. The number of benzene rings is 1. The summed E-state index contributed by atoms with van der Waals surface area (Å²) in [6.45, 7) is -0.409. The zero-order valence-electron chi connectivity index (χ0n) is 12.2. The van der Waals surface area contributed by atoms with Crippen LogP contribution in [0, 0.1) is 3.57 Å². The lowest BCUT2D eigenvalue weighted by Gasteiger charge is -2.16. The van der Waals surface area contributed by atoms with Gasteiger partial charge in [0, 0.05) is 16.7 Å². The Morgan fingerprint density at radius 3 is 2.73 bits per heavy atom. The van der Waals surface area contributed by atoms with Gasteiger partial charge in [-0.2, -0.15) is 0 Å². The lowest BCUT2D eigenvalue weighted by Crippen LogP contribution is -2.40. The number of carbonyl (C=O) groups is 3. The standard InChI is InChI=1S/C15H17IN2O4/c1-18(8-13(19)17-12-5-6-12)14(20)9-22-15(21)10-3-2-4-11(16)7-10/h2-4,7,12H,5-6,8-9H2,1H3,(H,17,19). The van der Waals surface area contributed by atoms with E-state index in [0.29, 0.717) is 5.56 Å². The molecule has 0 bridgehead atoms. The van der Waals surface area contributed by atoms with E-state index in [9.17, 15) is 14.4 Å². The number of amides is 2. The smallest absolute Gasteiger partial charge is 0.338 e. The van der Waals surface area contributed by atoms with Crippen LogP contribution in [-0.4, -0.2) is 48.9 Å². The molecule has 1 aliphatic carbocycles. The molecule has 0 unspecified atom stereocenters. The quantitative estimate of drug-likeness (QED) is 0.559. The second-order valence-corrected chi connectivity index (χ2v) is 6.42. The van der Waals surface area contributed by atoms with Crippen LogP contribution in [-0.2, 0) is 14.3 Å². The molecule has 1 aromatic rings. The summed E-state index contributed by atoms with van der Waals surface area (Å²) in [5, 5.41) is 2.80. The lowest BCUT2D eigenvalue weighted by atomic mass is 10.2. The first kappa shape index (κ1) is 16.7. The first-order valence-corrected chi connectivity index (χ1v) is 7.99. The molecule has 1 aliphatic rings. The molecule has 0 heterocycles. The average molecular weight is 416 g/mol. The van der Waals surface area contributed by atoms with Crippen molar-refractivity contribution in [3.63, 3.8) is 0 Å². The molecule has 7 heteroatoms. The molecule has 1 saturated carbocycles.